The van der Waals surface area contributed by atoms with Crippen LogP contribution in [0.15, 0.2) is 42.6 Å². The fraction of sp³-hybridized carbons (Fsp3) is 0. The summed E-state index contributed by atoms with van der Waals surface area (Å²) in [5.41, 5.74) is 0.174. The fourth-order valence-electron chi connectivity index (χ4n) is 1.38. The van der Waals surface area contributed by atoms with Crippen LogP contribution < -0.4 is 5.32 Å². The molecule has 0 saturated carbocycles. The Morgan fingerprint density at radius 3 is 2.76 bits per heavy atom. The van der Waals surface area contributed by atoms with E-state index in [0.717, 1.165) is 12.1 Å². The van der Waals surface area contributed by atoms with Crippen molar-refractivity contribution in [1.29, 1.82) is 0 Å². The molecule has 4 nitrogen and oxygen atoms in total. The molecule has 86 valence electrons. The number of aromatic carboxylic acids is 1. The van der Waals surface area contributed by atoms with Gasteiger partial charge in [0.1, 0.15) is 11.6 Å². The highest BCUT2D eigenvalue weighted by Crippen LogP contribution is 2.20. The van der Waals surface area contributed by atoms with Crippen LogP contribution in [-0.2, 0) is 0 Å². The average Bonchev–Trinajstić information content (AvgIpc) is 2.30. The molecule has 1 heterocycles. The van der Waals surface area contributed by atoms with Crippen LogP contribution in [0, 0.1) is 5.82 Å². The first kappa shape index (κ1) is 11.1. The number of rotatable bonds is 3. The molecule has 0 unspecified atom stereocenters. The third kappa shape index (κ3) is 2.57. The first-order valence-electron chi connectivity index (χ1n) is 4.88. The van der Waals surface area contributed by atoms with Crippen LogP contribution in [0.2, 0.25) is 0 Å². The number of nitrogens with one attached hydrogen (secondary N) is 1. The van der Waals surface area contributed by atoms with Gasteiger partial charge in [-0.1, -0.05) is 6.07 Å². The highest BCUT2D eigenvalue weighted by Gasteiger charge is 2.11. The van der Waals surface area contributed by atoms with Gasteiger partial charge in [0.05, 0.1) is 11.3 Å². The molecule has 0 saturated heterocycles. The SMILES string of the molecule is O=C(O)c1ccc(F)cc1Nc1ccccn1. The van der Waals surface area contributed by atoms with Crippen LogP contribution in [0.25, 0.3) is 0 Å². The third-order valence-electron chi connectivity index (χ3n) is 2.14. The maximum atomic E-state index is 13.1. The maximum absolute atomic E-state index is 13.1. The molecular formula is C12H9FN2O2. The Morgan fingerprint density at radius 2 is 2.12 bits per heavy atom. The number of anilines is 2. The van der Waals surface area contributed by atoms with Gasteiger partial charge in [-0.2, -0.15) is 0 Å². The van der Waals surface area contributed by atoms with E-state index in [2.05, 4.69) is 10.3 Å². The van der Waals surface area contributed by atoms with E-state index in [0.29, 0.717) is 5.82 Å². The highest BCUT2D eigenvalue weighted by atomic mass is 19.1. The van der Waals surface area contributed by atoms with Gasteiger partial charge in [-0.3, -0.25) is 0 Å². The average molecular weight is 232 g/mol. The number of carbonyl (C=O) groups is 1. The second kappa shape index (κ2) is 4.61. The number of carboxylic acids is 1. The van der Waals surface area contributed by atoms with Gasteiger partial charge in [0.2, 0.25) is 0 Å². The summed E-state index contributed by atoms with van der Waals surface area (Å²) in [6.45, 7) is 0. The number of benzene rings is 1. The second-order valence-electron chi connectivity index (χ2n) is 3.34. The Hall–Kier alpha value is -2.43. The fourth-order valence-corrected chi connectivity index (χ4v) is 1.38. The third-order valence-corrected chi connectivity index (χ3v) is 2.14. The van der Waals surface area contributed by atoms with Crippen molar-refractivity contribution in [1.82, 2.24) is 4.98 Å². The monoisotopic (exact) mass is 232 g/mol. The van der Waals surface area contributed by atoms with Crippen molar-refractivity contribution < 1.29 is 14.3 Å². The molecule has 2 aromatic rings. The molecule has 0 aliphatic rings. The first-order chi connectivity index (χ1) is 8.16. The van der Waals surface area contributed by atoms with Gasteiger partial charge in [0.15, 0.2) is 0 Å². The van der Waals surface area contributed by atoms with E-state index in [1.807, 2.05) is 0 Å². The van der Waals surface area contributed by atoms with Gasteiger partial charge in [0.25, 0.3) is 0 Å². The highest BCUT2D eigenvalue weighted by molar-refractivity contribution is 5.95. The summed E-state index contributed by atoms with van der Waals surface area (Å²) in [6, 6.07) is 8.58. The summed E-state index contributed by atoms with van der Waals surface area (Å²) in [7, 11) is 0. The topological polar surface area (TPSA) is 62.2 Å². The van der Waals surface area contributed by atoms with Gasteiger partial charge in [-0.15, -0.1) is 0 Å². The molecule has 0 amide bonds. The van der Waals surface area contributed by atoms with E-state index < -0.39 is 11.8 Å². The van der Waals surface area contributed by atoms with Crippen LogP contribution >= 0.6 is 0 Å². The van der Waals surface area contributed by atoms with Crippen molar-refractivity contribution in [3.05, 3.63) is 54.0 Å². The van der Waals surface area contributed by atoms with Crippen LogP contribution in [0.4, 0.5) is 15.9 Å². The van der Waals surface area contributed by atoms with Crippen molar-refractivity contribution in [2.45, 2.75) is 0 Å². The lowest BCUT2D eigenvalue weighted by Crippen LogP contribution is -2.03. The van der Waals surface area contributed by atoms with Gasteiger partial charge < -0.3 is 10.4 Å². The smallest absolute Gasteiger partial charge is 0.337 e. The number of carboxylic acid groups (broad SMARTS) is 1. The van der Waals surface area contributed by atoms with Gasteiger partial charge in [-0.05, 0) is 30.3 Å². The molecule has 0 spiro atoms. The van der Waals surface area contributed by atoms with E-state index >= 15 is 0 Å². The number of halogens is 1. The summed E-state index contributed by atoms with van der Waals surface area (Å²) < 4.78 is 13.1. The second-order valence-corrected chi connectivity index (χ2v) is 3.34. The number of aromatic nitrogens is 1. The number of pyridine rings is 1. The standard InChI is InChI=1S/C12H9FN2O2/c13-8-4-5-9(12(16)17)10(7-8)15-11-3-1-2-6-14-11/h1-7H,(H,14,15)(H,16,17). The van der Waals surface area contributed by atoms with E-state index in [-0.39, 0.29) is 11.3 Å². The quantitative estimate of drug-likeness (QED) is 0.853. The molecule has 0 radical (unpaired) electrons. The maximum Gasteiger partial charge on any atom is 0.337 e. The number of hydrogen-bond donors (Lipinski definition) is 2. The first-order valence-corrected chi connectivity index (χ1v) is 4.88. The normalized spacial score (nSPS) is 9.94. The van der Waals surface area contributed by atoms with Crippen molar-refractivity contribution in [3.63, 3.8) is 0 Å². The predicted molar refractivity (Wildman–Crippen MR) is 60.9 cm³/mol. The minimum absolute atomic E-state index is 0.00273. The predicted octanol–water partition coefficient (Wildman–Crippen LogP) is 2.66. The molecular weight excluding hydrogens is 223 g/mol. The minimum Gasteiger partial charge on any atom is -0.478 e. The Bertz CT molecular complexity index is 543. The van der Waals surface area contributed by atoms with Gasteiger partial charge in [0, 0.05) is 6.20 Å². The van der Waals surface area contributed by atoms with E-state index in [4.69, 9.17) is 5.11 Å². The van der Waals surface area contributed by atoms with Crippen molar-refractivity contribution >= 4 is 17.5 Å². The molecule has 1 aromatic carbocycles. The zero-order chi connectivity index (χ0) is 12.3. The van der Waals surface area contributed by atoms with Crippen molar-refractivity contribution in [2.75, 3.05) is 5.32 Å². The summed E-state index contributed by atoms with van der Waals surface area (Å²) >= 11 is 0. The Balaban J connectivity index is 2.37. The largest absolute Gasteiger partial charge is 0.478 e. The van der Waals surface area contributed by atoms with Crippen LogP contribution in [0.5, 0.6) is 0 Å². The molecule has 0 bridgehead atoms. The van der Waals surface area contributed by atoms with Crippen molar-refractivity contribution in [2.24, 2.45) is 0 Å². The summed E-state index contributed by atoms with van der Waals surface area (Å²) in [5, 5.41) is 11.7. The lowest BCUT2D eigenvalue weighted by Gasteiger charge is -2.08. The molecule has 1 aromatic heterocycles. The lowest BCUT2D eigenvalue weighted by atomic mass is 10.1. The zero-order valence-electron chi connectivity index (χ0n) is 8.72. The van der Waals surface area contributed by atoms with Gasteiger partial charge in [-0.25, -0.2) is 14.2 Å². The van der Waals surface area contributed by atoms with Crippen LogP contribution in [-0.4, -0.2) is 16.1 Å². The molecule has 17 heavy (non-hydrogen) atoms. The summed E-state index contributed by atoms with van der Waals surface area (Å²) in [5.74, 6) is -1.17. The molecule has 0 aliphatic heterocycles. The number of hydrogen-bond acceptors (Lipinski definition) is 3. The van der Waals surface area contributed by atoms with Crippen LogP contribution in [0.3, 0.4) is 0 Å². The molecule has 0 aliphatic carbocycles. The molecule has 0 atom stereocenters. The Labute approximate surface area is 96.7 Å². The van der Waals surface area contributed by atoms with Crippen molar-refractivity contribution in [3.8, 4) is 0 Å². The number of nitrogens with zero attached hydrogens (tertiary/aromatic N) is 1. The van der Waals surface area contributed by atoms with E-state index in [1.165, 1.54) is 6.07 Å². The lowest BCUT2D eigenvalue weighted by molar-refractivity contribution is 0.0698. The Kier molecular flexibility index (Phi) is 3.00. The molecule has 0 fully saturated rings. The Morgan fingerprint density at radius 1 is 1.29 bits per heavy atom. The van der Waals surface area contributed by atoms with E-state index in [1.54, 1.807) is 24.4 Å². The zero-order valence-corrected chi connectivity index (χ0v) is 8.72. The van der Waals surface area contributed by atoms with Crippen LogP contribution in [0.1, 0.15) is 10.4 Å². The van der Waals surface area contributed by atoms with Gasteiger partial charge >= 0.3 is 5.97 Å². The minimum atomic E-state index is -1.12. The summed E-state index contributed by atoms with van der Waals surface area (Å²) in [4.78, 5) is 14.9. The molecule has 2 rings (SSSR count). The molecule has 5 heteroatoms. The summed E-state index contributed by atoms with van der Waals surface area (Å²) in [6.07, 6.45) is 1.56. The van der Waals surface area contributed by atoms with E-state index in [9.17, 15) is 9.18 Å². The molecule has 2 N–H and O–H groups in total.